The van der Waals surface area contributed by atoms with Crippen LogP contribution in [0, 0.1) is 5.92 Å². The van der Waals surface area contributed by atoms with Gasteiger partial charge in [0.15, 0.2) is 5.13 Å². The molecule has 3 fully saturated rings. The number of nitrogens with zero attached hydrogens (tertiary/aromatic N) is 3. The molecule has 3 heterocycles. The Morgan fingerprint density at radius 2 is 1.88 bits per heavy atom. The summed E-state index contributed by atoms with van der Waals surface area (Å²) < 4.78 is 45.1. The molecule has 3 aliphatic rings. The molecule has 6 rings (SSSR count). The number of likely N-dealkylation sites (tertiary alicyclic amines) is 1. The highest BCUT2D eigenvalue weighted by Crippen LogP contribution is 2.45. The van der Waals surface area contributed by atoms with Crippen LogP contribution in [-0.2, 0) is 24.3 Å². The van der Waals surface area contributed by atoms with Crippen molar-refractivity contribution in [2.75, 3.05) is 19.0 Å². The van der Waals surface area contributed by atoms with Crippen molar-refractivity contribution in [3.63, 3.8) is 0 Å². The number of fused-ring (bicyclic) bond motifs is 1. The number of hydrogen-bond donors (Lipinski definition) is 3. The molecule has 0 unspecified atom stereocenters. The number of ether oxygens (including phenoxy) is 3. The van der Waals surface area contributed by atoms with Crippen LogP contribution in [-0.4, -0.2) is 89.4 Å². The van der Waals surface area contributed by atoms with Crippen molar-refractivity contribution in [3.05, 3.63) is 42.3 Å². The number of pyridine rings is 1. The van der Waals surface area contributed by atoms with E-state index in [1.54, 1.807) is 46.1 Å². The number of nitrogens with one attached hydrogen (secondary N) is 3. The van der Waals surface area contributed by atoms with E-state index < -0.39 is 62.4 Å². The standard InChI is InChI=1S/C35H44N6O8S2/c1-8-20-16-35(20,31(43)40-51(45,46)23-10-11-23)39-30(42)28-14-22(17-41(28)33(44)49-34(4,5)6)48-29-15-26(27-18-50-32(38-27)36-19(2)3)37-25-13-21(47-7)9-12-24(25)29/h8-9,12-13,15,18-20,22-23,28H,1,10-11,14,16-17H2,2-7H3,(H,36,38)(H,39,42)(H,40,43)/t20-,22-,28+,35-/m1/s1. The Hall–Kier alpha value is -4.44. The molecular formula is C35H44N6O8S2. The third kappa shape index (κ3) is 7.91. The van der Waals surface area contributed by atoms with Crippen LogP contribution in [0.3, 0.4) is 0 Å². The predicted octanol–water partition coefficient (Wildman–Crippen LogP) is 4.61. The number of methoxy groups -OCH3 is 1. The largest absolute Gasteiger partial charge is 0.497 e. The predicted molar refractivity (Wildman–Crippen MR) is 193 cm³/mol. The zero-order valence-electron chi connectivity index (χ0n) is 29.5. The average Bonchev–Trinajstić information content (AvgIpc) is 3.94. The van der Waals surface area contributed by atoms with Gasteiger partial charge in [-0.05, 0) is 66.0 Å². The number of carbonyl (C=O) groups is 3. The summed E-state index contributed by atoms with van der Waals surface area (Å²) in [6, 6.07) is 6.31. The molecule has 3 N–H and O–H groups in total. The Morgan fingerprint density at radius 3 is 2.51 bits per heavy atom. The van der Waals surface area contributed by atoms with Gasteiger partial charge in [0.25, 0.3) is 5.91 Å². The average molecular weight is 741 g/mol. The van der Waals surface area contributed by atoms with Crippen molar-refractivity contribution < 1.29 is 37.0 Å². The fourth-order valence-corrected chi connectivity index (χ4v) is 8.30. The van der Waals surface area contributed by atoms with Crippen LogP contribution in [0.2, 0.25) is 0 Å². The Labute approximate surface area is 301 Å². The highest BCUT2D eigenvalue weighted by Gasteiger charge is 2.62. The van der Waals surface area contributed by atoms with E-state index in [1.165, 1.54) is 22.3 Å². The second kappa shape index (κ2) is 13.6. The number of amides is 3. The molecule has 2 aromatic heterocycles. The van der Waals surface area contributed by atoms with Crippen molar-refractivity contribution in [3.8, 4) is 22.9 Å². The summed E-state index contributed by atoms with van der Waals surface area (Å²) in [5, 5.41) is 8.81. The first-order chi connectivity index (χ1) is 24.0. The minimum atomic E-state index is -3.86. The number of rotatable bonds is 12. The van der Waals surface area contributed by atoms with Crippen molar-refractivity contribution in [2.24, 2.45) is 5.92 Å². The topological polar surface area (TPSA) is 178 Å². The summed E-state index contributed by atoms with van der Waals surface area (Å²) in [6.45, 7) is 13.0. The molecule has 3 amide bonds. The smallest absolute Gasteiger partial charge is 0.411 e. The lowest BCUT2D eigenvalue weighted by Gasteiger charge is -2.29. The van der Waals surface area contributed by atoms with Gasteiger partial charge in [0.2, 0.25) is 15.9 Å². The number of sulfonamides is 1. The lowest BCUT2D eigenvalue weighted by atomic mass is 10.1. The maximum absolute atomic E-state index is 14.0. The van der Waals surface area contributed by atoms with E-state index >= 15 is 0 Å². The summed E-state index contributed by atoms with van der Waals surface area (Å²) in [5.74, 6) is -0.864. The summed E-state index contributed by atoms with van der Waals surface area (Å²) in [6.07, 6.45) is 1.31. The van der Waals surface area contributed by atoms with Crippen molar-refractivity contribution >= 4 is 55.3 Å². The molecule has 0 spiro atoms. The van der Waals surface area contributed by atoms with Crippen molar-refractivity contribution in [2.45, 2.75) is 94.9 Å². The monoisotopic (exact) mass is 740 g/mol. The summed E-state index contributed by atoms with van der Waals surface area (Å²) >= 11 is 1.46. The van der Waals surface area contributed by atoms with E-state index in [0.29, 0.717) is 46.6 Å². The molecular weight excluding hydrogens is 697 g/mol. The van der Waals surface area contributed by atoms with Crippen LogP contribution < -0.4 is 24.8 Å². The maximum Gasteiger partial charge on any atom is 0.411 e. The van der Waals surface area contributed by atoms with Gasteiger partial charge in [-0.25, -0.2) is 23.2 Å². The van der Waals surface area contributed by atoms with Gasteiger partial charge in [-0.15, -0.1) is 17.9 Å². The molecule has 1 aliphatic heterocycles. The molecule has 1 aromatic carbocycles. The number of benzene rings is 1. The van der Waals surface area contributed by atoms with Crippen LogP contribution in [0.1, 0.15) is 60.3 Å². The molecule has 14 nitrogen and oxygen atoms in total. The van der Waals surface area contributed by atoms with Gasteiger partial charge in [-0.1, -0.05) is 6.08 Å². The lowest BCUT2D eigenvalue weighted by Crippen LogP contribution is -2.56. The molecule has 2 aliphatic carbocycles. The first kappa shape index (κ1) is 36.4. The molecule has 4 atom stereocenters. The van der Waals surface area contributed by atoms with Crippen LogP contribution in [0.25, 0.3) is 22.3 Å². The third-order valence-electron chi connectivity index (χ3n) is 8.89. The Morgan fingerprint density at radius 1 is 1.14 bits per heavy atom. The Bertz CT molecular complexity index is 1970. The van der Waals surface area contributed by atoms with Crippen LogP contribution in [0.15, 0.2) is 42.3 Å². The molecule has 16 heteroatoms. The summed E-state index contributed by atoms with van der Waals surface area (Å²) in [5.41, 5.74) is -0.557. The van der Waals surface area contributed by atoms with Crippen molar-refractivity contribution in [1.29, 1.82) is 0 Å². The van der Waals surface area contributed by atoms with E-state index in [9.17, 15) is 22.8 Å². The number of aromatic nitrogens is 2. The number of anilines is 1. The quantitative estimate of drug-likeness (QED) is 0.221. The maximum atomic E-state index is 14.0. The first-order valence-corrected chi connectivity index (χ1v) is 19.3. The number of hydrogen-bond acceptors (Lipinski definition) is 12. The molecule has 51 heavy (non-hydrogen) atoms. The Balaban J connectivity index is 1.29. The molecule has 1 saturated heterocycles. The molecule has 3 aromatic rings. The van der Waals surface area contributed by atoms with Crippen LogP contribution in [0.5, 0.6) is 11.5 Å². The fraction of sp³-hybridized carbons (Fsp3) is 0.514. The summed E-state index contributed by atoms with van der Waals surface area (Å²) in [7, 11) is -2.29. The van der Waals surface area contributed by atoms with E-state index in [0.717, 1.165) is 5.13 Å². The van der Waals surface area contributed by atoms with Gasteiger partial charge in [-0.3, -0.25) is 19.2 Å². The minimum absolute atomic E-state index is 0.00159. The van der Waals surface area contributed by atoms with Gasteiger partial charge < -0.3 is 24.8 Å². The molecule has 0 bridgehead atoms. The van der Waals surface area contributed by atoms with E-state index in [4.69, 9.17) is 24.2 Å². The van der Waals surface area contributed by atoms with E-state index in [-0.39, 0.29) is 25.4 Å². The van der Waals surface area contributed by atoms with Gasteiger partial charge in [0.1, 0.15) is 40.5 Å². The van der Waals surface area contributed by atoms with Gasteiger partial charge in [0, 0.05) is 41.3 Å². The highest BCUT2D eigenvalue weighted by atomic mass is 32.2. The third-order valence-corrected chi connectivity index (χ3v) is 11.5. The number of thiazole rings is 1. The number of carbonyl (C=O) groups excluding carboxylic acids is 3. The minimum Gasteiger partial charge on any atom is -0.497 e. The zero-order chi connectivity index (χ0) is 36.9. The second-order valence-electron chi connectivity index (χ2n) is 14.5. The normalized spacial score (nSPS) is 23.1. The highest BCUT2D eigenvalue weighted by molar-refractivity contribution is 7.91. The van der Waals surface area contributed by atoms with Crippen LogP contribution in [0.4, 0.5) is 9.93 Å². The lowest BCUT2D eigenvalue weighted by molar-refractivity contribution is -0.131. The summed E-state index contributed by atoms with van der Waals surface area (Å²) in [4.78, 5) is 51.8. The SMILES string of the molecule is C=C[C@@H]1C[C@]1(NC(=O)[C@@H]1C[C@@H](Oc2cc(-c3csc(NC(C)C)n3)nc3cc(OC)ccc23)CN1C(=O)OC(C)(C)C)C(=O)NS(=O)(=O)C1CC1. The molecule has 2 saturated carbocycles. The van der Waals surface area contributed by atoms with E-state index in [1.807, 2.05) is 25.3 Å². The first-order valence-electron chi connectivity index (χ1n) is 16.9. The molecule has 0 radical (unpaired) electrons. The fourth-order valence-electron chi connectivity index (χ4n) is 6.09. The van der Waals surface area contributed by atoms with Gasteiger partial charge in [0.05, 0.1) is 30.1 Å². The van der Waals surface area contributed by atoms with Crippen molar-refractivity contribution in [1.82, 2.24) is 24.9 Å². The van der Waals surface area contributed by atoms with Gasteiger partial charge >= 0.3 is 6.09 Å². The molecule has 274 valence electrons. The van der Waals surface area contributed by atoms with Gasteiger partial charge in [-0.2, -0.15) is 0 Å². The zero-order valence-corrected chi connectivity index (χ0v) is 31.2. The Kier molecular flexibility index (Phi) is 9.69. The van der Waals surface area contributed by atoms with E-state index in [2.05, 4.69) is 21.9 Å². The van der Waals surface area contributed by atoms with Crippen LogP contribution >= 0.6 is 11.3 Å². The second-order valence-corrected chi connectivity index (χ2v) is 17.4.